The van der Waals surface area contributed by atoms with E-state index >= 15 is 0 Å². The Hall–Kier alpha value is -0.810. The van der Waals surface area contributed by atoms with Crippen LogP contribution in [0, 0.1) is 0 Å². The number of rotatable bonds is 8. The van der Waals surface area contributed by atoms with Crippen LogP contribution in [0.2, 0.25) is 5.02 Å². The minimum Gasteiger partial charge on any atom is -0.491 e. The molecule has 1 rings (SSSR count). The number of ether oxygens (including phenoxy) is 2. The second-order valence-electron chi connectivity index (χ2n) is 4.15. The topological polar surface area (TPSA) is 41.9 Å². The molecule has 102 valence electrons. The molecule has 5 heteroatoms. The number of benzene rings is 1. The first-order valence-corrected chi connectivity index (χ1v) is 6.24. The molecule has 1 atom stereocenters. The molecule has 0 amide bonds. The lowest BCUT2D eigenvalue weighted by Gasteiger charge is -2.20. The molecule has 0 aliphatic carbocycles. The van der Waals surface area contributed by atoms with Gasteiger partial charge in [0.05, 0.1) is 17.7 Å². The molecule has 0 bridgehead atoms. The summed E-state index contributed by atoms with van der Waals surface area (Å²) < 4.78 is 10.4. The predicted octanol–water partition coefficient (Wildman–Crippen LogP) is 1.66. The van der Waals surface area contributed by atoms with Crippen molar-refractivity contribution in [1.82, 2.24) is 4.90 Å². The highest BCUT2D eigenvalue weighted by atomic mass is 35.5. The van der Waals surface area contributed by atoms with Gasteiger partial charge in [0.2, 0.25) is 0 Å². The number of likely N-dealkylation sites (N-methyl/N-ethyl adjacent to an activating group) is 1. The van der Waals surface area contributed by atoms with E-state index in [0.717, 1.165) is 0 Å². The lowest BCUT2D eigenvalue weighted by molar-refractivity contribution is 0.0410. The Morgan fingerprint density at radius 2 is 2.11 bits per heavy atom. The van der Waals surface area contributed by atoms with E-state index in [1.807, 2.05) is 30.1 Å². The van der Waals surface area contributed by atoms with Crippen LogP contribution in [0.15, 0.2) is 24.3 Å². The summed E-state index contributed by atoms with van der Waals surface area (Å²) in [5.41, 5.74) is 0. The van der Waals surface area contributed by atoms with Crippen molar-refractivity contribution in [3.63, 3.8) is 0 Å². The molecule has 0 aliphatic heterocycles. The van der Waals surface area contributed by atoms with Crippen molar-refractivity contribution in [2.45, 2.75) is 6.10 Å². The van der Waals surface area contributed by atoms with Crippen LogP contribution in [0.25, 0.3) is 0 Å². The van der Waals surface area contributed by atoms with E-state index in [1.54, 1.807) is 13.2 Å². The third kappa shape index (κ3) is 5.69. The number of methoxy groups -OCH3 is 1. The molecule has 1 aromatic rings. The SMILES string of the molecule is COCC(O)CN(C)CCOc1ccccc1Cl. The minimum absolute atomic E-state index is 0.343. The predicted molar refractivity (Wildman–Crippen MR) is 72.3 cm³/mol. The summed E-state index contributed by atoms with van der Waals surface area (Å²) in [7, 11) is 3.50. The van der Waals surface area contributed by atoms with E-state index in [0.29, 0.717) is 37.1 Å². The molecule has 1 N–H and O–H groups in total. The Labute approximate surface area is 113 Å². The normalized spacial score (nSPS) is 12.7. The van der Waals surface area contributed by atoms with Gasteiger partial charge in [-0.25, -0.2) is 0 Å². The Morgan fingerprint density at radius 3 is 2.78 bits per heavy atom. The van der Waals surface area contributed by atoms with Crippen LogP contribution < -0.4 is 4.74 Å². The van der Waals surface area contributed by atoms with Crippen molar-refractivity contribution in [2.24, 2.45) is 0 Å². The maximum Gasteiger partial charge on any atom is 0.137 e. The maximum atomic E-state index is 9.55. The number of hydrogen-bond donors (Lipinski definition) is 1. The number of halogens is 1. The zero-order valence-corrected chi connectivity index (χ0v) is 11.6. The zero-order valence-electron chi connectivity index (χ0n) is 10.8. The van der Waals surface area contributed by atoms with Gasteiger partial charge in [-0.3, -0.25) is 0 Å². The summed E-state index contributed by atoms with van der Waals surface area (Å²) in [4.78, 5) is 1.99. The van der Waals surface area contributed by atoms with Crippen molar-refractivity contribution in [3.05, 3.63) is 29.3 Å². The van der Waals surface area contributed by atoms with Crippen molar-refractivity contribution in [3.8, 4) is 5.75 Å². The standard InChI is InChI=1S/C13H20ClNO3/c1-15(9-11(16)10-17-2)7-8-18-13-6-4-3-5-12(13)14/h3-6,11,16H,7-10H2,1-2H3. The second kappa shape index (κ2) is 8.32. The smallest absolute Gasteiger partial charge is 0.137 e. The number of para-hydroxylation sites is 1. The largest absolute Gasteiger partial charge is 0.491 e. The summed E-state index contributed by atoms with van der Waals surface area (Å²) in [6.07, 6.45) is -0.472. The van der Waals surface area contributed by atoms with Gasteiger partial charge in [-0.2, -0.15) is 0 Å². The molecule has 0 aliphatic rings. The van der Waals surface area contributed by atoms with Crippen LogP contribution in [-0.2, 0) is 4.74 Å². The lowest BCUT2D eigenvalue weighted by atomic mass is 10.3. The van der Waals surface area contributed by atoms with E-state index in [4.69, 9.17) is 21.1 Å². The van der Waals surface area contributed by atoms with E-state index < -0.39 is 6.10 Å². The van der Waals surface area contributed by atoms with Crippen LogP contribution in [-0.4, -0.2) is 56.6 Å². The number of aliphatic hydroxyl groups excluding tert-OH is 1. The van der Waals surface area contributed by atoms with Gasteiger partial charge >= 0.3 is 0 Å². The second-order valence-corrected chi connectivity index (χ2v) is 4.56. The monoisotopic (exact) mass is 273 g/mol. The third-order valence-corrected chi connectivity index (χ3v) is 2.76. The van der Waals surface area contributed by atoms with Crippen molar-refractivity contribution in [1.29, 1.82) is 0 Å². The summed E-state index contributed by atoms with van der Waals surface area (Å²) in [5, 5.41) is 10.2. The minimum atomic E-state index is -0.472. The highest BCUT2D eigenvalue weighted by Crippen LogP contribution is 2.22. The Kier molecular flexibility index (Phi) is 7.05. The van der Waals surface area contributed by atoms with Crippen LogP contribution in [0.5, 0.6) is 5.75 Å². The van der Waals surface area contributed by atoms with E-state index in [-0.39, 0.29) is 0 Å². The van der Waals surface area contributed by atoms with Gasteiger partial charge in [0.1, 0.15) is 12.4 Å². The molecule has 0 fully saturated rings. The fourth-order valence-corrected chi connectivity index (χ4v) is 1.76. The molecule has 1 unspecified atom stereocenters. The molecule has 0 spiro atoms. The molecule has 0 heterocycles. The highest BCUT2D eigenvalue weighted by Gasteiger charge is 2.08. The van der Waals surface area contributed by atoms with E-state index in [2.05, 4.69) is 0 Å². The molecule has 4 nitrogen and oxygen atoms in total. The molecule has 0 aromatic heterocycles. The highest BCUT2D eigenvalue weighted by molar-refractivity contribution is 6.32. The quantitative estimate of drug-likeness (QED) is 0.782. The van der Waals surface area contributed by atoms with E-state index in [1.165, 1.54) is 0 Å². The maximum absolute atomic E-state index is 9.55. The fraction of sp³-hybridized carbons (Fsp3) is 0.538. The first-order chi connectivity index (χ1) is 8.63. The van der Waals surface area contributed by atoms with Gasteiger partial charge < -0.3 is 19.5 Å². The Balaban J connectivity index is 2.23. The molecule has 0 saturated carbocycles. The van der Waals surface area contributed by atoms with Gasteiger partial charge in [0.15, 0.2) is 0 Å². The molecule has 18 heavy (non-hydrogen) atoms. The summed E-state index contributed by atoms with van der Waals surface area (Å²) in [6.45, 7) is 2.14. The number of nitrogens with zero attached hydrogens (tertiary/aromatic N) is 1. The molecule has 1 aromatic carbocycles. The van der Waals surface area contributed by atoms with E-state index in [9.17, 15) is 5.11 Å². The molecular weight excluding hydrogens is 254 g/mol. The van der Waals surface area contributed by atoms with Gasteiger partial charge in [0.25, 0.3) is 0 Å². The van der Waals surface area contributed by atoms with Gasteiger partial charge in [-0.05, 0) is 19.2 Å². The third-order valence-electron chi connectivity index (χ3n) is 2.45. The zero-order chi connectivity index (χ0) is 13.4. The Morgan fingerprint density at radius 1 is 1.39 bits per heavy atom. The molecular formula is C13H20ClNO3. The van der Waals surface area contributed by atoms with Crippen LogP contribution in [0.1, 0.15) is 0 Å². The average molecular weight is 274 g/mol. The van der Waals surface area contributed by atoms with Gasteiger partial charge in [-0.1, -0.05) is 23.7 Å². The van der Waals surface area contributed by atoms with Crippen molar-refractivity contribution >= 4 is 11.6 Å². The van der Waals surface area contributed by atoms with Crippen LogP contribution in [0.3, 0.4) is 0 Å². The summed E-state index contributed by atoms with van der Waals surface area (Å²) >= 11 is 5.97. The van der Waals surface area contributed by atoms with Crippen molar-refractivity contribution < 1.29 is 14.6 Å². The van der Waals surface area contributed by atoms with Crippen LogP contribution >= 0.6 is 11.6 Å². The van der Waals surface area contributed by atoms with Gasteiger partial charge in [-0.15, -0.1) is 0 Å². The molecule has 0 radical (unpaired) electrons. The van der Waals surface area contributed by atoms with Crippen LogP contribution in [0.4, 0.5) is 0 Å². The Bertz CT molecular complexity index is 349. The average Bonchev–Trinajstić information content (AvgIpc) is 2.31. The summed E-state index contributed by atoms with van der Waals surface area (Å²) in [5.74, 6) is 0.685. The number of hydrogen-bond acceptors (Lipinski definition) is 4. The number of aliphatic hydroxyl groups is 1. The molecule has 0 saturated heterocycles. The first-order valence-electron chi connectivity index (χ1n) is 5.86. The first kappa shape index (κ1) is 15.2. The summed E-state index contributed by atoms with van der Waals surface area (Å²) in [6, 6.07) is 7.38. The lowest BCUT2D eigenvalue weighted by Crippen LogP contribution is -2.34. The fourth-order valence-electron chi connectivity index (χ4n) is 1.57. The van der Waals surface area contributed by atoms with Crippen molar-refractivity contribution in [2.75, 3.05) is 40.5 Å². The van der Waals surface area contributed by atoms with Gasteiger partial charge in [0, 0.05) is 20.2 Å².